The second-order valence-corrected chi connectivity index (χ2v) is 4.44. The summed E-state index contributed by atoms with van der Waals surface area (Å²) in [4.78, 5) is 14.1. The number of halogens is 1. The van der Waals surface area contributed by atoms with Gasteiger partial charge in [-0.3, -0.25) is 4.79 Å². The highest BCUT2D eigenvalue weighted by Gasteiger charge is 2.31. The van der Waals surface area contributed by atoms with Gasteiger partial charge < -0.3 is 19.7 Å². The van der Waals surface area contributed by atoms with Crippen LogP contribution in [0.3, 0.4) is 0 Å². The molecule has 2 aliphatic heterocycles. The lowest BCUT2D eigenvalue weighted by molar-refractivity contribution is -0.141. The van der Waals surface area contributed by atoms with Crippen molar-refractivity contribution in [2.45, 2.75) is 6.10 Å². The van der Waals surface area contributed by atoms with Crippen molar-refractivity contribution in [2.75, 3.05) is 32.8 Å². The first-order valence-corrected chi connectivity index (χ1v) is 6.22. The van der Waals surface area contributed by atoms with E-state index in [1.807, 2.05) is 29.2 Å². The highest BCUT2D eigenvalue weighted by atomic mass is 35.5. The Balaban J connectivity index is 0.00000133. The van der Waals surface area contributed by atoms with Crippen molar-refractivity contribution >= 4 is 18.3 Å². The Labute approximate surface area is 118 Å². The zero-order valence-electron chi connectivity index (χ0n) is 10.5. The summed E-state index contributed by atoms with van der Waals surface area (Å²) in [5, 5.41) is 3.22. The molecule has 1 aromatic carbocycles. The number of fused-ring (bicyclic) bond motifs is 1. The Morgan fingerprint density at radius 2 is 1.89 bits per heavy atom. The molecular formula is C13H17ClN2O3. The highest BCUT2D eigenvalue weighted by Crippen LogP contribution is 2.31. The van der Waals surface area contributed by atoms with Gasteiger partial charge in [-0.15, -0.1) is 12.4 Å². The van der Waals surface area contributed by atoms with Crippen LogP contribution in [-0.2, 0) is 4.79 Å². The predicted octanol–water partition coefficient (Wildman–Crippen LogP) is 0.680. The van der Waals surface area contributed by atoms with Gasteiger partial charge in [0.25, 0.3) is 5.91 Å². The summed E-state index contributed by atoms with van der Waals surface area (Å²) in [7, 11) is 0. The van der Waals surface area contributed by atoms with Crippen LogP contribution < -0.4 is 14.8 Å². The van der Waals surface area contributed by atoms with Crippen LogP contribution in [0.25, 0.3) is 0 Å². The molecular weight excluding hydrogens is 268 g/mol. The summed E-state index contributed by atoms with van der Waals surface area (Å²) in [5.41, 5.74) is 0. The van der Waals surface area contributed by atoms with Crippen LogP contribution in [-0.4, -0.2) is 49.7 Å². The van der Waals surface area contributed by atoms with Crippen molar-refractivity contribution in [1.29, 1.82) is 0 Å². The van der Waals surface area contributed by atoms with Gasteiger partial charge in [0.2, 0.25) is 6.10 Å². The largest absolute Gasteiger partial charge is 0.485 e. The Morgan fingerprint density at radius 3 is 2.63 bits per heavy atom. The van der Waals surface area contributed by atoms with Crippen molar-refractivity contribution in [2.24, 2.45) is 0 Å². The van der Waals surface area contributed by atoms with E-state index in [1.165, 1.54) is 0 Å². The molecule has 2 aliphatic rings. The first-order valence-electron chi connectivity index (χ1n) is 6.22. The smallest absolute Gasteiger partial charge is 0.267 e. The van der Waals surface area contributed by atoms with E-state index >= 15 is 0 Å². The minimum Gasteiger partial charge on any atom is -0.485 e. The zero-order valence-corrected chi connectivity index (χ0v) is 11.3. The maximum atomic E-state index is 12.3. The first kappa shape index (κ1) is 14.0. The van der Waals surface area contributed by atoms with Gasteiger partial charge in [-0.25, -0.2) is 0 Å². The molecule has 2 heterocycles. The standard InChI is InChI=1S/C13H16N2O3.ClH/c16-13(15-7-5-14-6-8-15)12-9-17-10-3-1-2-4-11(10)18-12;/h1-4,12,14H,5-9H2;1H/t12-;/m0./s1. The molecule has 1 saturated heterocycles. The number of hydrogen-bond donors (Lipinski definition) is 1. The number of nitrogens with zero attached hydrogens (tertiary/aromatic N) is 1. The van der Waals surface area contributed by atoms with Gasteiger partial charge in [-0.1, -0.05) is 12.1 Å². The van der Waals surface area contributed by atoms with E-state index < -0.39 is 6.10 Å². The van der Waals surface area contributed by atoms with E-state index in [0.29, 0.717) is 18.1 Å². The summed E-state index contributed by atoms with van der Waals surface area (Å²) in [5.74, 6) is 1.38. The second-order valence-electron chi connectivity index (χ2n) is 4.44. The zero-order chi connectivity index (χ0) is 12.4. The lowest BCUT2D eigenvalue weighted by Crippen LogP contribution is -2.52. The number of para-hydroxylation sites is 2. The van der Waals surface area contributed by atoms with E-state index in [-0.39, 0.29) is 18.3 Å². The second kappa shape index (κ2) is 6.12. The van der Waals surface area contributed by atoms with Crippen molar-refractivity contribution in [1.82, 2.24) is 10.2 Å². The third-order valence-corrected chi connectivity index (χ3v) is 3.21. The van der Waals surface area contributed by atoms with Crippen LogP contribution in [0.2, 0.25) is 0 Å². The minimum absolute atomic E-state index is 0. The van der Waals surface area contributed by atoms with Crippen molar-refractivity contribution < 1.29 is 14.3 Å². The fourth-order valence-electron chi connectivity index (χ4n) is 2.23. The van der Waals surface area contributed by atoms with Gasteiger partial charge in [-0.2, -0.15) is 0 Å². The van der Waals surface area contributed by atoms with Gasteiger partial charge >= 0.3 is 0 Å². The van der Waals surface area contributed by atoms with Crippen molar-refractivity contribution in [3.8, 4) is 11.5 Å². The summed E-state index contributed by atoms with van der Waals surface area (Å²) in [6.07, 6.45) is -0.516. The minimum atomic E-state index is -0.516. The average Bonchev–Trinajstić information content (AvgIpc) is 2.47. The quantitative estimate of drug-likeness (QED) is 0.824. The number of benzene rings is 1. The van der Waals surface area contributed by atoms with Crippen molar-refractivity contribution in [3.63, 3.8) is 0 Å². The fraction of sp³-hybridized carbons (Fsp3) is 0.462. The number of piperazine rings is 1. The van der Waals surface area contributed by atoms with Crippen LogP contribution >= 0.6 is 12.4 Å². The molecule has 1 N–H and O–H groups in total. The molecule has 0 saturated carbocycles. The molecule has 19 heavy (non-hydrogen) atoms. The third kappa shape index (κ3) is 2.93. The summed E-state index contributed by atoms with van der Waals surface area (Å²) >= 11 is 0. The van der Waals surface area contributed by atoms with Gasteiger partial charge in [-0.05, 0) is 12.1 Å². The van der Waals surface area contributed by atoms with Crippen LogP contribution in [0.15, 0.2) is 24.3 Å². The third-order valence-electron chi connectivity index (χ3n) is 3.21. The first-order chi connectivity index (χ1) is 8.84. The van der Waals surface area contributed by atoms with E-state index in [4.69, 9.17) is 9.47 Å². The molecule has 0 unspecified atom stereocenters. The molecule has 1 atom stereocenters. The number of amides is 1. The van der Waals surface area contributed by atoms with Crippen molar-refractivity contribution in [3.05, 3.63) is 24.3 Å². The van der Waals surface area contributed by atoms with Gasteiger partial charge in [0, 0.05) is 26.2 Å². The molecule has 3 rings (SSSR count). The molecule has 6 heteroatoms. The Bertz CT molecular complexity index is 449. The topological polar surface area (TPSA) is 50.8 Å². The lowest BCUT2D eigenvalue weighted by Gasteiger charge is -2.32. The Hall–Kier alpha value is -1.46. The molecule has 1 amide bonds. The number of hydrogen-bond acceptors (Lipinski definition) is 4. The average molecular weight is 285 g/mol. The molecule has 1 aromatic rings. The van der Waals surface area contributed by atoms with Crippen LogP contribution in [0.1, 0.15) is 0 Å². The predicted molar refractivity (Wildman–Crippen MR) is 73.1 cm³/mol. The van der Waals surface area contributed by atoms with E-state index in [9.17, 15) is 4.79 Å². The number of rotatable bonds is 1. The van der Waals surface area contributed by atoms with Crippen LogP contribution in [0.5, 0.6) is 11.5 Å². The SMILES string of the molecule is Cl.O=C([C@@H]1COc2ccccc2O1)N1CCNCC1. The molecule has 0 aromatic heterocycles. The summed E-state index contributed by atoms with van der Waals surface area (Å²) < 4.78 is 11.3. The maximum Gasteiger partial charge on any atom is 0.267 e. The fourth-order valence-corrected chi connectivity index (χ4v) is 2.23. The highest BCUT2D eigenvalue weighted by molar-refractivity contribution is 5.85. The molecule has 104 valence electrons. The van der Waals surface area contributed by atoms with E-state index in [1.54, 1.807) is 0 Å². The Kier molecular flexibility index (Phi) is 4.50. The number of ether oxygens (including phenoxy) is 2. The monoisotopic (exact) mass is 284 g/mol. The molecule has 1 fully saturated rings. The summed E-state index contributed by atoms with van der Waals surface area (Å²) in [6, 6.07) is 7.44. The molecule has 0 bridgehead atoms. The molecule has 0 aliphatic carbocycles. The lowest BCUT2D eigenvalue weighted by atomic mass is 10.2. The number of nitrogens with one attached hydrogen (secondary N) is 1. The van der Waals surface area contributed by atoms with E-state index in [2.05, 4.69) is 5.32 Å². The normalized spacial score (nSPS) is 21.5. The van der Waals surface area contributed by atoms with E-state index in [0.717, 1.165) is 26.2 Å². The molecule has 0 spiro atoms. The van der Waals surface area contributed by atoms with Crippen LogP contribution in [0.4, 0.5) is 0 Å². The van der Waals surface area contributed by atoms with Crippen LogP contribution in [0, 0.1) is 0 Å². The molecule has 0 radical (unpaired) electrons. The van der Waals surface area contributed by atoms with Gasteiger partial charge in [0.1, 0.15) is 6.61 Å². The maximum absolute atomic E-state index is 12.3. The Morgan fingerprint density at radius 1 is 1.21 bits per heavy atom. The summed E-state index contributed by atoms with van der Waals surface area (Å²) in [6.45, 7) is 3.45. The number of carbonyl (C=O) groups excluding carboxylic acids is 1. The van der Waals surface area contributed by atoms with Gasteiger partial charge in [0.15, 0.2) is 11.5 Å². The number of carbonyl (C=O) groups is 1. The molecule has 5 nitrogen and oxygen atoms in total. The van der Waals surface area contributed by atoms with Gasteiger partial charge in [0.05, 0.1) is 0 Å².